The van der Waals surface area contributed by atoms with E-state index < -0.39 is 9.82 Å². The van der Waals surface area contributed by atoms with Crippen LogP contribution in [0.2, 0.25) is 0 Å². The van der Waals surface area contributed by atoms with Gasteiger partial charge in [0.15, 0.2) is 5.82 Å². The zero-order chi connectivity index (χ0) is 19.3. The number of nitrogens with one attached hydrogen (secondary N) is 3. The van der Waals surface area contributed by atoms with Crippen molar-refractivity contribution in [1.29, 1.82) is 0 Å². The van der Waals surface area contributed by atoms with Crippen LogP contribution in [0.1, 0.15) is 5.82 Å². The number of hydrogen-bond donors (Lipinski definition) is 3. The normalized spacial score (nSPS) is 14.6. The predicted octanol–water partition coefficient (Wildman–Crippen LogP) is 2.68. The molecule has 0 spiro atoms. The molecule has 1 aromatic carbocycles. The monoisotopic (exact) mass is 431 g/mol. The zero-order valence-electron chi connectivity index (χ0n) is 14.0. The number of carbonyl (C=O) groups excluding carboxylic acids is 1. The maximum atomic E-state index is 12.0. The molecule has 9 nitrogen and oxygen atoms in total. The van der Waals surface area contributed by atoms with Crippen LogP contribution in [0.5, 0.6) is 0 Å². The van der Waals surface area contributed by atoms with E-state index in [0.29, 0.717) is 37.9 Å². The highest BCUT2D eigenvalue weighted by atomic mass is 35.6. The molecule has 0 aliphatic carbocycles. The Labute approximate surface area is 170 Å². The summed E-state index contributed by atoms with van der Waals surface area (Å²) in [5.41, 5.74) is 5.66. The van der Waals surface area contributed by atoms with Crippen LogP contribution in [-0.4, -0.2) is 47.3 Å². The molecule has 144 valence electrons. The number of hydrazine groups is 1. The minimum Gasteiger partial charge on any atom is -0.378 e. The molecular weight excluding hydrogens is 417 g/mol. The molecule has 0 saturated carbocycles. The van der Waals surface area contributed by atoms with Gasteiger partial charge in [-0.25, -0.2) is 10.2 Å². The molecule has 0 bridgehead atoms. The third-order valence-corrected chi connectivity index (χ3v) is 4.00. The molecule has 3 rings (SSSR count). The Hall–Kier alpha value is -2.07. The van der Waals surface area contributed by atoms with Gasteiger partial charge in [-0.05, 0) is 12.1 Å². The summed E-state index contributed by atoms with van der Waals surface area (Å²) in [6.07, 6.45) is 0. The van der Waals surface area contributed by atoms with E-state index in [-0.39, 0.29) is 11.8 Å². The molecule has 27 heavy (non-hydrogen) atoms. The Kier molecular flexibility index (Phi) is 6.38. The lowest BCUT2D eigenvalue weighted by molar-refractivity contribution is 0.122. The summed E-state index contributed by atoms with van der Waals surface area (Å²) in [5, 5.41) is 2.65. The fourth-order valence-corrected chi connectivity index (χ4v) is 2.50. The number of para-hydroxylation sites is 1. The van der Waals surface area contributed by atoms with Crippen LogP contribution < -0.4 is 21.1 Å². The first kappa shape index (κ1) is 19.7. The van der Waals surface area contributed by atoms with Crippen molar-refractivity contribution >= 4 is 58.4 Å². The molecule has 0 radical (unpaired) electrons. The van der Waals surface area contributed by atoms with E-state index in [9.17, 15) is 4.79 Å². The second-order valence-electron chi connectivity index (χ2n) is 5.45. The van der Waals surface area contributed by atoms with Crippen molar-refractivity contribution in [2.75, 3.05) is 41.9 Å². The summed E-state index contributed by atoms with van der Waals surface area (Å²) in [6.45, 7) is 2.25. The predicted molar refractivity (Wildman–Crippen MR) is 104 cm³/mol. The fourth-order valence-electron chi connectivity index (χ4n) is 2.25. The third-order valence-electron chi connectivity index (χ3n) is 3.49. The molecular formula is C15H16Cl3N7O2. The summed E-state index contributed by atoms with van der Waals surface area (Å²) < 4.78 is 3.47. The number of hydrogen-bond acceptors (Lipinski definition) is 7. The van der Waals surface area contributed by atoms with E-state index in [0.717, 1.165) is 0 Å². The molecule has 1 saturated heterocycles. The Morgan fingerprint density at radius 2 is 1.78 bits per heavy atom. The van der Waals surface area contributed by atoms with E-state index in [2.05, 4.69) is 31.1 Å². The highest BCUT2D eigenvalue weighted by Crippen LogP contribution is 2.36. The number of rotatable bonds is 4. The molecule has 2 heterocycles. The zero-order valence-corrected chi connectivity index (χ0v) is 16.2. The van der Waals surface area contributed by atoms with Crippen molar-refractivity contribution in [3.63, 3.8) is 0 Å². The van der Waals surface area contributed by atoms with Gasteiger partial charge in [-0.15, -0.1) is 0 Å². The average Bonchev–Trinajstić information content (AvgIpc) is 2.67. The van der Waals surface area contributed by atoms with Gasteiger partial charge < -0.3 is 15.0 Å². The number of anilines is 3. The van der Waals surface area contributed by atoms with E-state index in [1.807, 2.05) is 11.0 Å². The van der Waals surface area contributed by atoms with Crippen LogP contribution in [0, 0.1) is 0 Å². The number of nitrogens with zero attached hydrogens (tertiary/aromatic N) is 4. The Morgan fingerprint density at radius 1 is 1.07 bits per heavy atom. The van der Waals surface area contributed by atoms with Gasteiger partial charge in [0, 0.05) is 18.8 Å². The number of amides is 2. The van der Waals surface area contributed by atoms with Gasteiger partial charge in [0.25, 0.3) is 0 Å². The van der Waals surface area contributed by atoms with Gasteiger partial charge in [0.05, 0.1) is 13.2 Å². The van der Waals surface area contributed by atoms with E-state index in [1.165, 1.54) is 0 Å². The molecule has 0 atom stereocenters. The lowest BCUT2D eigenvalue weighted by atomic mass is 10.3. The van der Waals surface area contributed by atoms with E-state index in [1.54, 1.807) is 24.3 Å². The largest absolute Gasteiger partial charge is 0.378 e. The first-order chi connectivity index (χ1) is 12.9. The van der Waals surface area contributed by atoms with Crippen molar-refractivity contribution in [2.45, 2.75) is 3.79 Å². The smallest absolute Gasteiger partial charge is 0.337 e. The van der Waals surface area contributed by atoms with Crippen molar-refractivity contribution in [1.82, 2.24) is 20.4 Å². The molecule has 1 aromatic heterocycles. The Bertz CT molecular complexity index is 783. The molecule has 1 fully saturated rings. The van der Waals surface area contributed by atoms with Crippen LogP contribution in [0.15, 0.2) is 30.3 Å². The second-order valence-corrected chi connectivity index (χ2v) is 7.73. The lowest BCUT2D eigenvalue weighted by Gasteiger charge is -2.27. The van der Waals surface area contributed by atoms with Gasteiger partial charge in [-0.3, -0.25) is 5.43 Å². The summed E-state index contributed by atoms with van der Waals surface area (Å²) in [4.78, 5) is 26.4. The van der Waals surface area contributed by atoms with Crippen molar-refractivity contribution in [2.24, 2.45) is 0 Å². The van der Waals surface area contributed by atoms with Crippen molar-refractivity contribution < 1.29 is 9.53 Å². The Balaban J connectivity index is 1.72. The molecule has 2 amide bonds. The average molecular weight is 433 g/mol. The van der Waals surface area contributed by atoms with E-state index >= 15 is 0 Å². The molecule has 12 heteroatoms. The summed E-state index contributed by atoms with van der Waals surface area (Å²) in [6, 6.07) is 8.44. The molecule has 0 unspecified atom stereocenters. The highest BCUT2D eigenvalue weighted by molar-refractivity contribution is 6.66. The van der Waals surface area contributed by atoms with Gasteiger partial charge in [-0.1, -0.05) is 53.0 Å². The maximum absolute atomic E-state index is 12.0. The minimum atomic E-state index is -1.84. The number of aromatic nitrogens is 3. The van der Waals surface area contributed by atoms with Crippen LogP contribution in [0.25, 0.3) is 0 Å². The Morgan fingerprint density at radius 3 is 2.44 bits per heavy atom. The number of alkyl halides is 3. The van der Waals surface area contributed by atoms with E-state index in [4.69, 9.17) is 39.5 Å². The number of benzene rings is 1. The quantitative estimate of drug-likeness (QED) is 0.504. The van der Waals surface area contributed by atoms with Crippen molar-refractivity contribution in [3.05, 3.63) is 36.2 Å². The molecule has 2 aromatic rings. The molecule has 1 aliphatic heterocycles. The lowest BCUT2D eigenvalue weighted by Crippen LogP contribution is -2.39. The highest BCUT2D eigenvalue weighted by Gasteiger charge is 2.29. The summed E-state index contributed by atoms with van der Waals surface area (Å²) in [7, 11) is 0. The maximum Gasteiger partial charge on any atom is 0.337 e. The van der Waals surface area contributed by atoms with Crippen LogP contribution in [0.3, 0.4) is 0 Å². The first-order valence-corrected chi connectivity index (χ1v) is 9.09. The molecule has 1 aliphatic rings. The van der Waals surface area contributed by atoms with Crippen LogP contribution >= 0.6 is 34.8 Å². The van der Waals surface area contributed by atoms with Crippen LogP contribution in [-0.2, 0) is 8.53 Å². The topological polar surface area (TPSA) is 104 Å². The minimum absolute atomic E-state index is 0.0380. The first-order valence-electron chi connectivity index (χ1n) is 7.96. The van der Waals surface area contributed by atoms with Crippen LogP contribution in [0.4, 0.5) is 22.4 Å². The number of morpholine rings is 1. The number of ether oxygens (including phenoxy) is 1. The van der Waals surface area contributed by atoms with Crippen molar-refractivity contribution in [3.8, 4) is 0 Å². The molecule has 3 N–H and O–H groups in total. The van der Waals surface area contributed by atoms with Gasteiger partial charge >= 0.3 is 6.03 Å². The standard InChI is InChI=1S/C15H16Cl3N7O2/c16-15(17,18)11-20-12(22-13(21-11)25-6-8-27-9-7-25)23-24-14(26)19-10-4-2-1-3-5-10/h1-5H,6-9H2,(H2,19,24,26)(H,20,21,22,23). The fraction of sp³-hybridized carbons (Fsp3) is 0.333. The van der Waals surface area contributed by atoms with Gasteiger partial charge in [-0.2, -0.15) is 15.0 Å². The number of urea groups is 1. The van der Waals surface area contributed by atoms with Gasteiger partial charge in [0.1, 0.15) is 0 Å². The second kappa shape index (κ2) is 8.75. The SMILES string of the molecule is O=C(NNc1nc(N2CCOCC2)nc(C(Cl)(Cl)Cl)n1)Nc1ccccc1. The summed E-state index contributed by atoms with van der Waals surface area (Å²) >= 11 is 17.8. The van der Waals surface area contributed by atoms with Gasteiger partial charge in [0.2, 0.25) is 15.7 Å². The number of carbonyl (C=O) groups is 1. The number of halogens is 3. The third kappa shape index (κ3) is 5.70. The summed E-state index contributed by atoms with van der Waals surface area (Å²) in [5.74, 6) is 0.301.